The Kier molecular flexibility index (Phi) is 10.2. The Morgan fingerprint density at radius 3 is 2.30 bits per heavy atom. The number of benzene rings is 2. The van der Waals surface area contributed by atoms with Gasteiger partial charge >= 0.3 is 5.97 Å². The number of rotatable bonds is 9. The topological polar surface area (TPSA) is 113 Å². The van der Waals surface area contributed by atoms with E-state index >= 15 is 0 Å². The van der Waals surface area contributed by atoms with E-state index in [1.807, 2.05) is 35.8 Å². The standard InChI is InChI=1S/C21H27N3O6.C7H8/c1-3-24-14(2)18(20(26)21(22)27)19-15(24)5-4-6-16(19)30-13-17(25)29-12-9-23-7-10-28-11-8-23;1-7-5-3-2-4-6-7/h4-6H,3,7-13H2,1-2H3,(H2,22,27);2-6H,1H3. The van der Waals surface area contributed by atoms with E-state index < -0.39 is 17.7 Å². The molecule has 1 aromatic heterocycles. The SMILES string of the molecule is CCn1c(C)c(C(=O)C(N)=O)c2c(OCC(=O)OCCN3CCOCC3)cccc21.Cc1ccccc1. The van der Waals surface area contributed by atoms with Crippen molar-refractivity contribution in [2.45, 2.75) is 27.3 Å². The Morgan fingerprint density at radius 1 is 1.00 bits per heavy atom. The highest BCUT2D eigenvalue weighted by molar-refractivity contribution is 6.45. The largest absolute Gasteiger partial charge is 0.481 e. The van der Waals surface area contributed by atoms with Gasteiger partial charge in [-0.3, -0.25) is 14.5 Å². The summed E-state index contributed by atoms with van der Waals surface area (Å²) in [6.07, 6.45) is 0. The van der Waals surface area contributed by atoms with Crippen LogP contribution in [0.5, 0.6) is 5.75 Å². The Morgan fingerprint density at radius 2 is 1.70 bits per heavy atom. The number of aromatic nitrogens is 1. The molecule has 1 fully saturated rings. The molecule has 2 heterocycles. The number of fused-ring (bicyclic) bond motifs is 1. The van der Waals surface area contributed by atoms with Gasteiger partial charge in [-0.15, -0.1) is 0 Å². The number of amides is 1. The number of morpholine rings is 1. The lowest BCUT2D eigenvalue weighted by Crippen LogP contribution is -2.38. The predicted molar refractivity (Wildman–Crippen MR) is 141 cm³/mol. The number of primary amides is 1. The van der Waals surface area contributed by atoms with Crippen LogP contribution in [0.3, 0.4) is 0 Å². The smallest absolute Gasteiger partial charge is 0.344 e. The third-order valence-corrected chi connectivity index (χ3v) is 6.14. The first-order chi connectivity index (χ1) is 17.8. The minimum atomic E-state index is -1.04. The van der Waals surface area contributed by atoms with Gasteiger partial charge in [-0.25, -0.2) is 4.79 Å². The third-order valence-electron chi connectivity index (χ3n) is 6.14. The number of nitrogens with zero attached hydrogens (tertiary/aromatic N) is 2. The Bertz CT molecular complexity index is 1220. The summed E-state index contributed by atoms with van der Waals surface area (Å²) in [6.45, 7) is 9.98. The molecule has 0 bridgehead atoms. The van der Waals surface area contributed by atoms with Gasteiger partial charge in [0.2, 0.25) is 0 Å². The number of aryl methyl sites for hydroxylation is 2. The number of carbonyl (C=O) groups excluding carboxylic acids is 3. The first-order valence-electron chi connectivity index (χ1n) is 12.4. The molecule has 9 heteroatoms. The molecule has 37 heavy (non-hydrogen) atoms. The zero-order valence-electron chi connectivity index (χ0n) is 21.7. The van der Waals surface area contributed by atoms with Crippen LogP contribution < -0.4 is 10.5 Å². The van der Waals surface area contributed by atoms with Crippen molar-refractivity contribution in [1.29, 1.82) is 0 Å². The second kappa shape index (κ2) is 13.6. The summed E-state index contributed by atoms with van der Waals surface area (Å²) in [7, 11) is 0. The van der Waals surface area contributed by atoms with Crippen LogP contribution in [0.4, 0.5) is 0 Å². The summed E-state index contributed by atoms with van der Waals surface area (Å²) < 4.78 is 18.1. The van der Waals surface area contributed by atoms with Gasteiger partial charge in [-0.1, -0.05) is 42.0 Å². The summed E-state index contributed by atoms with van der Waals surface area (Å²) in [5.74, 6) is -1.99. The maximum atomic E-state index is 12.4. The Balaban J connectivity index is 0.000000468. The molecule has 198 valence electrons. The second-order valence-electron chi connectivity index (χ2n) is 8.67. The van der Waals surface area contributed by atoms with Crippen LogP contribution in [0, 0.1) is 13.8 Å². The van der Waals surface area contributed by atoms with Crippen molar-refractivity contribution in [2.24, 2.45) is 5.73 Å². The summed E-state index contributed by atoms with van der Waals surface area (Å²) in [6, 6.07) is 15.5. The molecule has 1 aliphatic rings. The van der Waals surface area contributed by atoms with E-state index in [9.17, 15) is 14.4 Å². The first-order valence-corrected chi connectivity index (χ1v) is 12.4. The molecule has 0 aliphatic carbocycles. The number of ketones is 1. The number of esters is 1. The van der Waals surface area contributed by atoms with E-state index in [1.165, 1.54) is 5.56 Å². The van der Waals surface area contributed by atoms with Crippen LogP contribution in [0.2, 0.25) is 0 Å². The number of carbonyl (C=O) groups is 3. The molecule has 0 saturated carbocycles. The van der Waals surface area contributed by atoms with E-state index in [0.29, 0.717) is 43.1 Å². The van der Waals surface area contributed by atoms with Crippen molar-refractivity contribution in [3.63, 3.8) is 0 Å². The number of nitrogens with two attached hydrogens (primary N) is 1. The van der Waals surface area contributed by atoms with E-state index in [4.69, 9.17) is 19.9 Å². The van der Waals surface area contributed by atoms with E-state index in [2.05, 4.69) is 24.0 Å². The van der Waals surface area contributed by atoms with Gasteiger partial charge in [0.15, 0.2) is 6.61 Å². The van der Waals surface area contributed by atoms with E-state index in [1.54, 1.807) is 19.1 Å². The molecule has 0 unspecified atom stereocenters. The molecular formula is C28H35N3O6. The number of ether oxygens (including phenoxy) is 3. The highest BCUT2D eigenvalue weighted by Crippen LogP contribution is 2.34. The van der Waals surface area contributed by atoms with Crippen molar-refractivity contribution in [1.82, 2.24) is 9.47 Å². The zero-order valence-corrected chi connectivity index (χ0v) is 21.7. The van der Waals surface area contributed by atoms with Gasteiger partial charge in [-0.2, -0.15) is 0 Å². The first kappa shape index (κ1) is 27.9. The number of hydrogen-bond acceptors (Lipinski definition) is 7. The van der Waals surface area contributed by atoms with Crippen molar-refractivity contribution in [2.75, 3.05) is 46.1 Å². The summed E-state index contributed by atoms with van der Waals surface area (Å²) in [4.78, 5) is 38.3. The average molecular weight is 510 g/mol. The van der Waals surface area contributed by atoms with Crippen LogP contribution >= 0.6 is 0 Å². The van der Waals surface area contributed by atoms with Crippen LogP contribution in [0.25, 0.3) is 10.9 Å². The van der Waals surface area contributed by atoms with Gasteiger partial charge in [0.1, 0.15) is 12.4 Å². The lowest BCUT2D eigenvalue weighted by Gasteiger charge is -2.26. The van der Waals surface area contributed by atoms with Gasteiger partial charge in [-0.05, 0) is 32.9 Å². The zero-order chi connectivity index (χ0) is 26.8. The van der Waals surface area contributed by atoms with Crippen molar-refractivity contribution in [3.05, 3.63) is 65.4 Å². The van der Waals surface area contributed by atoms with Gasteiger partial charge in [0.05, 0.1) is 29.7 Å². The molecule has 0 atom stereocenters. The molecule has 1 aliphatic heterocycles. The molecule has 2 N–H and O–H groups in total. The molecule has 2 aromatic carbocycles. The van der Waals surface area contributed by atoms with Crippen molar-refractivity contribution < 1.29 is 28.6 Å². The molecule has 4 rings (SSSR count). The second-order valence-corrected chi connectivity index (χ2v) is 8.67. The maximum Gasteiger partial charge on any atom is 0.344 e. The minimum absolute atomic E-state index is 0.204. The van der Waals surface area contributed by atoms with Gasteiger partial charge in [0.25, 0.3) is 11.7 Å². The highest BCUT2D eigenvalue weighted by atomic mass is 16.6. The monoisotopic (exact) mass is 509 g/mol. The van der Waals surface area contributed by atoms with Crippen LogP contribution in [-0.4, -0.2) is 73.2 Å². The van der Waals surface area contributed by atoms with E-state index in [-0.39, 0.29) is 18.8 Å². The lowest BCUT2D eigenvalue weighted by atomic mass is 10.1. The minimum Gasteiger partial charge on any atom is -0.481 e. The number of Topliss-reactive ketones (excluding diaryl/α,β-unsaturated/α-hetero) is 1. The van der Waals surface area contributed by atoms with Crippen molar-refractivity contribution in [3.8, 4) is 5.75 Å². The van der Waals surface area contributed by atoms with Crippen LogP contribution in [-0.2, 0) is 25.6 Å². The third kappa shape index (κ3) is 7.41. The molecule has 1 amide bonds. The normalized spacial score (nSPS) is 13.5. The fourth-order valence-corrected chi connectivity index (χ4v) is 4.25. The Labute approximate surface area is 217 Å². The fraction of sp³-hybridized carbons (Fsp3) is 0.393. The average Bonchev–Trinajstić information content (AvgIpc) is 3.19. The maximum absolute atomic E-state index is 12.4. The Hall–Kier alpha value is -3.69. The quantitative estimate of drug-likeness (QED) is 0.268. The molecule has 0 radical (unpaired) electrons. The summed E-state index contributed by atoms with van der Waals surface area (Å²) in [5, 5.41) is 0.474. The molecule has 1 saturated heterocycles. The fourth-order valence-electron chi connectivity index (χ4n) is 4.25. The van der Waals surface area contributed by atoms with Crippen molar-refractivity contribution >= 4 is 28.6 Å². The summed E-state index contributed by atoms with van der Waals surface area (Å²) in [5.41, 5.74) is 8.13. The molecule has 0 spiro atoms. The van der Waals surface area contributed by atoms with Crippen LogP contribution in [0.1, 0.15) is 28.5 Å². The lowest BCUT2D eigenvalue weighted by molar-refractivity contribution is -0.146. The molecular weight excluding hydrogens is 474 g/mol. The number of hydrogen-bond donors (Lipinski definition) is 1. The predicted octanol–water partition coefficient (Wildman–Crippen LogP) is 2.89. The van der Waals surface area contributed by atoms with Crippen LogP contribution in [0.15, 0.2) is 48.5 Å². The van der Waals surface area contributed by atoms with Gasteiger partial charge in [0, 0.05) is 31.9 Å². The highest BCUT2D eigenvalue weighted by Gasteiger charge is 2.25. The molecule has 9 nitrogen and oxygen atoms in total. The van der Waals surface area contributed by atoms with E-state index in [0.717, 1.165) is 18.6 Å². The summed E-state index contributed by atoms with van der Waals surface area (Å²) >= 11 is 0. The van der Waals surface area contributed by atoms with Gasteiger partial charge < -0.3 is 24.5 Å². The molecule has 3 aromatic rings.